The zero-order valence-corrected chi connectivity index (χ0v) is 15.6. The van der Waals surface area contributed by atoms with Gasteiger partial charge in [-0.25, -0.2) is 0 Å². The third-order valence-electron chi connectivity index (χ3n) is 4.79. The SMILES string of the molecule is CC1CCCCN1CC(O)COc1ccc(-c2ccccc2)cc1.Cl. The summed E-state index contributed by atoms with van der Waals surface area (Å²) in [5.41, 5.74) is 2.37. The highest BCUT2D eigenvalue weighted by Gasteiger charge is 2.20. The van der Waals surface area contributed by atoms with Crippen LogP contribution in [0.2, 0.25) is 0 Å². The monoisotopic (exact) mass is 361 g/mol. The van der Waals surface area contributed by atoms with Gasteiger partial charge in [0.15, 0.2) is 0 Å². The third kappa shape index (κ3) is 5.74. The van der Waals surface area contributed by atoms with Gasteiger partial charge < -0.3 is 9.84 Å². The molecule has 4 heteroatoms. The van der Waals surface area contributed by atoms with Crippen molar-refractivity contribution in [1.82, 2.24) is 4.90 Å². The number of β-amino-alcohol motifs (C(OH)–C–C–N with tert-alkyl or cyclic N) is 1. The predicted molar refractivity (Wildman–Crippen MR) is 106 cm³/mol. The molecule has 2 aromatic carbocycles. The lowest BCUT2D eigenvalue weighted by Crippen LogP contribution is -2.43. The van der Waals surface area contributed by atoms with Gasteiger partial charge in [0.1, 0.15) is 18.5 Å². The Morgan fingerprint density at radius 2 is 1.72 bits per heavy atom. The van der Waals surface area contributed by atoms with Crippen LogP contribution in [0.3, 0.4) is 0 Å². The van der Waals surface area contributed by atoms with Gasteiger partial charge in [-0.2, -0.15) is 0 Å². The van der Waals surface area contributed by atoms with Gasteiger partial charge >= 0.3 is 0 Å². The maximum atomic E-state index is 10.2. The molecule has 1 saturated heterocycles. The van der Waals surface area contributed by atoms with Gasteiger partial charge in [0, 0.05) is 12.6 Å². The highest BCUT2D eigenvalue weighted by molar-refractivity contribution is 5.85. The molecule has 0 bridgehead atoms. The van der Waals surface area contributed by atoms with E-state index in [1.807, 2.05) is 30.3 Å². The van der Waals surface area contributed by atoms with Crippen LogP contribution in [-0.4, -0.2) is 41.8 Å². The van der Waals surface area contributed by atoms with E-state index in [-0.39, 0.29) is 12.4 Å². The summed E-state index contributed by atoms with van der Waals surface area (Å²) in [6.45, 7) is 4.37. The highest BCUT2D eigenvalue weighted by Crippen LogP contribution is 2.22. The number of hydrogen-bond donors (Lipinski definition) is 1. The fraction of sp³-hybridized carbons (Fsp3) is 0.429. The lowest BCUT2D eigenvalue weighted by Gasteiger charge is -2.34. The zero-order chi connectivity index (χ0) is 16.8. The molecule has 136 valence electrons. The molecule has 0 spiro atoms. The Morgan fingerprint density at radius 1 is 1.04 bits per heavy atom. The van der Waals surface area contributed by atoms with E-state index < -0.39 is 6.10 Å². The van der Waals surface area contributed by atoms with Crippen LogP contribution in [0.5, 0.6) is 5.75 Å². The van der Waals surface area contributed by atoms with E-state index in [9.17, 15) is 5.11 Å². The average Bonchev–Trinajstić information content (AvgIpc) is 2.63. The number of benzene rings is 2. The summed E-state index contributed by atoms with van der Waals surface area (Å²) in [6.07, 6.45) is 3.32. The Balaban J connectivity index is 0.00000225. The second kappa shape index (κ2) is 9.81. The maximum absolute atomic E-state index is 10.2. The molecule has 0 aromatic heterocycles. The summed E-state index contributed by atoms with van der Waals surface area (Å²) in [6, 6.07) is 18.9. The molecular weight excluding hydrogens is 334 g/mol. The maximum Gasteiger partial charge on any atom is 0.119 e. The number of hydrogen-bond acceptors (Lipinski definition) is 3. The Hall–Kier alpha value is -1.55. The summed E-state index contributed by atoms with van der Waals surface area (Å²) in [4.78, 5) is 2.37. The third-order valence-corrected chi connectivity index (χ3v) is 4.79. The number of aliphatic hydroxyl groups excluding tert-OH is 1. The van der Waals surface area contributed by atoms with Crippen molar-refractivity contribution >= 4 is 12.4 Å². The van der Waals surface area contributed by atoms with E-state index in [1.165, 1.54) is 30.4 Å². The van der Waals surface area contributed by atoms with E-state index in [0.29, 0.717) is 19.2 Å². The molecule has 1 N–H and O–H groups in total. The summed E-state index contributed by atoms with van der Waals surface area (Å²) >= 11 is 0. The Bertz CT molecular complexity index is 618. The first-order valence-corrected chi connectivity index (χ1v) is 8.93. The van der Waals surface area contributed by atoms with Crippen molar-refractivity contribution in [2.45, 2.75) is 38.3 Å². The van der Waals surface area contributed by atoms with Crippen LogP contribution >= 0.6 is 12.4 Å². The van der Waals surface area contributed by atoms with Crippen LogP contribution < -0.4 is 4.74 Å². The number of likely N-dealkylation sites (tertiary alicyclic amines) is 1. The van der Waals surface area contributed by atoms with E-state index in [2.05, 4.69) is 36.1 Å². The van der Waals surface area contributed by atoms with E-state index >= 15 is 0 Å². The van der Waals surface area contributed by atoms with E-state index in [4.69, 9.17) is 4.74 Å². The summed E-state index contributed by atoms with van der Waals surface area (Å²) in [5.74, 6) is 0.806. The Morgan fingerprint density at radius 3 is 2.40 bits per heavy atom. The molecule has 25 heavy (non-hydrogen) atoms. The average molecular weight is 362 g/mol. The van der Waals surface area contributed by atoms with Crippen molar-refractivity contribution in [3.63, 3.8) is 0 Å². The lowest BCUT2D eigenvalue weighted by atomic mass is 10.0. The lowest BCUT2D eigenvalue weighted by molar-refractivity contribution is 0.0438. The molecule has 2 unspecified atom stereocenters. The Labute approximate surface area is 157 Å². The molecule has 1 aliphatic heterocycles. The first-order chi connectivity index (χ1) is 11.7. The van der Waals surface area contributed by atoms with E-state index in [0.717, 1.165) is 12.3 Å². The predicted octanol–water partition coefficient (Wildman–Crippen LogP) is 4.39. The topological polar surface area (TPSA) is 32.7 Å². The van der Waals surface area contributed by atoms with Gasteiger partial charge in [0.05, 0.1) is 0 Å². The number of rotatable bonds is 6. The van der Waals surface area contributed by atoms with Gasteiger partial charge in [-0.15, -0.1) is 12.4 Å². The summed E-state index contributed by atoms with van der Waals surface area (Å²) in [7, 11) is 0. The molecule has 0 radical (unpaired) electrons. The molecule has 3 rings (SSSR count). The minimum Gasteiger partial charge on any atom is -0.491 e. The summed E-state index contributed by atoms with van der Waals surface area (Å²) < 4.78 is 5.76. The van der Waals surface area contributed by atoms with Gasteiger partial charge in [-0.05, 0) is 49.6 Å². The molecule has 1 heterocycles. The van der Waals surface area contributed by atoms with Gasteiger partial charge in [-0.3, -0.25) is 4.90 Å². The van der Waals surface area contributed by atoms with Crippen molar-refractivity contribution in [3.8, 4) is 16.9 Å². The fourth-order valence-electron chi connectivity index (χ4n) is 3.32. The highest BCUT2D eigenvalue weighted by atomic mass is 35.5. The quantitative estimate of drug-likeness (QED) is 0.828. The van der Waals surface area contributed by atoms with Crippen molar-refractivity contribution in [1.29, 1.82) is 0 Å². The van der Waals surface area contributed by atoms with Crippen LogP contribution in [0.15, 0.2) is 54.6 Å². The van der Waals surface area contributed by atoms with Gasteiger partial charge in [0.2, 0.25) is 0 Å². The second-order valence-electron chi connectivity index (χ2n) is 6.69. The molecule has 3 nitrogen and oxygen atoms in total. The van der Waals surface area contributed by atoms with Crippen molar-refractivity contribution in [2.24, 2.45) is 0 Å². The molecule has 1 aliphatic rings. The molecule has 2 aromatic rings. The molecule has 0 saturated carbocycles. The first kappa shape index (κ1) is 19.8. The molecular formula is C21H28ClNO2. The minimum atomic E-state index is -0.445. The number of ether oxygens (including phenoxy) is 1. The molecule has 1 fully saturated rings. The minimum absolute atomic E-state index is 0. The smallest absolute Gasteiger partial charge is 0.119 e. The van der Waals surface area contributed by atoms with Gasteiger partial charge in [-0.1, -0.05) is 48.9 Å². The number of halogens is 1. The largest absolute Gasteiger partial charge is 0.491 e. The molecule has 2 atom stereocenters. The number of piperidine rings is 1. The van der Waals surface area contributed by atoms with Crippen molar-refractivity contribution in [2.75, 3.05) is 19.7 Å². The van der Waals surface area contributed by atoms with Crippen LogP contribution in [0.1, 0.15) is 26.2 Å². The van der Waals surface area contributed by atoms with Crippen molar-refractivity contribution in [3.05, 3.63) is 54.6 Å². The van der Waals surface area contributed by atoms with Crippen LogP contribution in [0.4, 0.5) is 0 Å². The first-order valence-electron chi connectivity index (χ1n) is 8.93. The van der Waals surface area contributed by atoms with E-state index in [1.54, 1.807) is 0 Å². The molecule has 0 amide bonds. The van der Waals surface area contributed by atoms with Crippen LogP contribution in [0.25, 0.3) is 11.1 Å². The standard InChI is InChI=1S/C21H27NO2.ClH/c1-17-7-5-6-14-22(17)15-20(23)16-24-21-12-10-19(11-13-21)18-8-3-2-4-9-18;/h2-4,8-13,17,20,23H,5-7,14-16H2,1H3;1H. The second-order valence-corrected chi connectivity index (χ2v) is 6.69. The molecule has 0 aliphatic carbocycles. The normalized spacial score (nSPS) is 19.0. The van der Waals surface area contributed by atoms with Crippen LogP contribution in [-0.2, 0) is 0 Å². The van der Waals surface area contributed by atoms with Gasteiger partial charge in [0.25, 0.3) is 0 Å². The Kier molecular flexibility index (Phi) is 7.76. The summed E-state index contributed by atoms with van der Waals surface area (Å²) in [5, 5.41) is 10.2. The number of aliphatic hydroxyl groups is 1. The van der Waals surface area contributed by atoms with Crippen molar-refractivity contribution < 1.29 is 9.84 Å². The zero-order valence-electron chi connectivity index (χ0n) is 14.8. The van der Waals surface area contributed by atoms with Crippen LogP contribution in [0, 0.1) is 0 Å². The number of nitrogens with zero attached hydrogens (tertiary/aromatic N) is 1. The fourth-order valence-corrected chi connectivity index (χ4v) is 3.32.